The van der Waals surface area contributed by atoms with Crippen LogP contribution in [0, 0.1) is 24.0 Å². The number of aromatic nitrogens is 4. The molecule has 2 bridgehead atoms. The molecular formula is C54H64ClF2N11O6S2. The number of hydrogen-bond acceptors (Lipinski definition) is 16. The number of fused-ring (bicyclic) bond motifs is 4. The largest absolute Gasteiger partial charge is 0.459 e. The number of nitrogens with one attached hydrogen (secondary N) is 3. The summed E-state index contributed by atoms with van der Waals surface area (Å²) in [5.41, 5.74) is 10.5. The van der Waals surface area contributed by atoms with Crippen LogP contribution in [0.3, 0.4) is 0 Å². The molecule has 7 atom stereocenters. The second-order valence-electron chi connectivity index (χ2n) is 21.8. The number of nitrogen functional groups attached to an aromatic ring is 1. The van der Waals surface area contributed by atoms with Crippen molar-refractivity contribution in [2.45, 2.75) is 122 Å². The third-order valence-electron chi connectivity index (χ3n) is 15.0. The number of thiazole rings is 2. The number of piperazine rings is 1. The number of aliphatic hydroxyl groups is 1. The van der Waals surface area contributed by atoms with Gasteiger partial charge in [0.15, 0.2) is 10.9 Å². The highest BCUT2D eigenvalue weighted by atomic mass is 35.5. The Labute approximate surface area is 452 Å². The zero-order valence-electron chi connectivity index (χ0n) is 43.4. The van der Waals surface area contributed by atoms with Crippen LogP contribution in [0.15, 0.2) is 48.0 Å². The summed E-state index contributed by atoms with van der Waals surface area (Å²) in [5, 5.41) is 21.0. The molecule has 76 heavy (non-hydrogen) atoms. The number of ether oxygens (including phenoxy) is 2. The highest BCUT2D eigenvalue weighted by Crippen LogP contribution is 2.43. The van der Waals surface area contributed by atoms with Crippen LogP contribution in [-0.4, -0.2) is 141 Å². The fraction of sp³-hybridized carbons (Fsp3) is 0.500. The third kappa shape index (κ3) is 11.3. The number of rotatable bonds is 15. The van der Waals surface area contributed by atoms with Gasteiger partial charge in [0.2, 0.25) is 17.7 Å². The Hall–Kier alpha value is -5.68. The Morgan fingerprint density at radius 3 is 2.38 bits per heavy atom. The van der Waals surface area contributed by atoms with Crippen LogP contribution < -0.4 is 31.3 Å². The fourth-order valence-electron chi connectivity index (χ4n) is 11.1. The molecule has 5 unspecified atom stereocenters. The van der Waals surface area contributed by atoms with Gasteiger partial charge in [0.05, 0.1) is 49.6 Å². The van der Waals surface area contributed by atoms with Crippen molar-refractivity contribution in [1.29, 1.82) is 0 Å². The average molecular weight is 1100 g/mol. The molecule has 7 heterocycles. The summed E-state index contributed by atoms with van der Waals surface area (Å²) in [6, 6.07) is 10.5. The summed E-state index contributed by atoms with van der Waals surface area (Å²) in [7, 11) is 0. The molecule has 4 aliphatic rings. The number of aliphatic hydroxyl groups excluding tert-OH is 1. The van der Waals surface area contributed by atoms with Crippen LogP contribution in [0.2, 0.25) is 5.02 Å². The lowest BCUT2D eigenvalue weighted by atomic mass is 9.85. The van der Waals surface area contributed by atoms with Crippen LogP contribution >= 0.6 is 34.3 Å². The van der Waals surface area contributed by atoms with E-state index in [0.717, 1.165) is 45.9 Å². The third-order valence-corrected chi connectivity index (χ3v) is 17.2. The fourth-order valence-corrected chi connectivity index (χ4v) is 13.0. The first-order valence-electron chi connectivity index (χ1n) is 25.9. The quantitative estimate of drug-likeness (QED) is 0.0678. The van der Waals surface area contributed by atoms with Gasteiger partial charge in [-0.25, -0.2) is 18.7 Å². The molecular weight excluding hydrogens is 1040 g/mol. The number of β-amino-alcohol motifs (C(OH)–C–C–N with tert-alkyl or cyclic N) is 1. The molecule has 10 rings (SSSR count). The Balaban J connectivity index is 0.749. The summed E-state index contributed by atoms with van der Waals surface area (Å²) in [6.45, 7) is 14.1. The first-order chi connectivity index (χ1) is 36.3. The van der Waals surface area contributed by atoms with Gasteiger partial charge in [-0.2, -0.15) is 9.97 Å². The van der Waals surface area contributed by atoms with Crippen molar-refractivity contribution in [3.05, 3.63) is 75.9 Å². The summed E-state index contributed by atoms with van der Waals surface area (Å²) < 4.78 is 44.7. The summed E-state index contributed by atoms with van der Waals surface area (Å²) in [6.07, 6.45) is 1.86. The second-order valence-corrected chi connectivity index (χ2v) is 24.1. The van der Waals surface area contributed by atoms with E-state index in [1.54, 1.807) is 17.4 Å². The van der Waals surface area contributed by atoms with Crippen LogP contribution in [0.4, 0.5) is 19.7 Å². The van der Waals surface area contributed by atoms with Crippen LogP contribution in [0.1, 0.15) is 84.0 Å². The second kappa shape index (κ2) is 22.0. The SMILES string of the molecule is Cc1ncsc1-c1ccc(C(C)NC(=O)[C@@H]2C[C@@H](O)CN2C(=O)C(NC(=O)COC2CCN(CC(C)Oc3nc(N4CC5CCC(C4)N5)c4cc(Cl)c(-c5ccc(F)c6sc(N)nc56)c(F)c4n3)CC2)C(C)(C)C)cc1. The molecule has 4 saturated heterocycles. The molecule has 17 nitrogen and oxygen atoms in total. The summed E-state index contributed by atoms with van der Waals surface area (Å²) in [5.74, 6) is -1.99. The number of amides is 3. The number of anilines is 2. The van der Waals surface area contributed by atoms with Gasteiger partial charge in [-0.15, -0.1) is 11.3 Å². The van der Waals surface area contributed by atoms with E-state index in [4.69, 9.17) is 31.8 Å². The van der Waals surface area contributed by atoms with E-state index in [2.05, 4.69) is 40.7 Å². The molecule has 0 saturated carbocycles. The number of carbonyl (C=O) groups is 3. The topological polar surface area (TPSA) is 213 Å². The first kappa shape index (κ1) is 53.7. The van der Waals surface area contributed by atoms with E-state index >= 15 is 4.39 Å². The zero-order valence-corrected chi connectivity index (χ0v) is 45.8. The van der Waals surface area contributed by atoms with Crippen molar-refractivity contribution in [3.8, 4) is 27.6 Å². The number of likely N-dealkylation sites (tertiary alicyclic amines) is 2. The number of piperidine rings is 1. The average Bonchev–Trinajstić information content (AvgIpc) is 4.20. The predicted molar refractivity (Wildman–Crippen MR) is 292 cm³/mol. The molecule has 22 heteroatoms. The normalized spacial score (nSPS) is 21.6. The summed E-state index contributed by atoms with van der Waals surface area (Å²) >= 11 is 9.45. The lowest BCUT2D eigenvalue weighted by Crippen LogP contribution is -2.58. The van der Waals surface area contributed by atoms with Gasteiger partial charge in [0.1, 0.15) is 41.9 Å². The molecule has 6 aromatic rings. The molecule has 404 valence electrons. The molecule has 0 aliphatic carbocycles. The molecule has 6 N–H and O–H groups in total. The lowest BCUT2D eigenvalue weighted by Gasteiger charge is -2.36. The van der Waals surface area contributed by atoms with Crippen molar-refractivity contribution < 1.29 is 37.7 Å². The number of nitrogens with two attached hydrogens (primary N) is 1. The smallest absolute Gasteiger partial charge is 0.319 e. The van der Waals surface area contributed by atoms with Gasteiger partial charge in [-0.1, -0.05) is 68.0 Å². The Bertz CT molecular complexity index is 3140. The standard InChI is InChI=1S/C54H64ClF2N11O6S2/c1-27(74-53-64-44-37(49(65-53)67-22-32-11-12-33(23-67)61-32)20-38(55)42(43(44)57)36-13-14-39(56)47-45(36)63-52(58)76-47)21-66-17-15-35(16-18-66)73-25-41(70)62-48(54(4,5)6)51(72)68-24-34(69)19-40(68)50(71)60-28(2)30-7-9-31(10-8-30)46-29(3)59-26-75-46/h7-10,13-14,20,26-28,32-35,40,48,61,69H,11-12,15-19,21-25H2,1-6H3,(H2,58,63)(H,60,71)(H,62,70)/t27?,28?,32?,33?,34-,40+,48?/m1/s1. The van der Waals surface area contributed by atoms with Crippen molar-refractivity contribution >= 4 is 84.1 Å². The number of benzene rings is 3. The van der Waals surface area contributed by atoms with Gasteiger partial charge in [-0.05, 0) is 81.2 Å². The van der Waals surface area contributed by atoms with E-state index in [1.807, 2.05) is 71.3 Å². The van der Waals surface area contributed by atoms with Crippen molar-refractivity contribution in [2.75, 3.05) is 56.5 Å². The number of halogens is 3. The number of carbonyl (C=O) groups excluding carboxylic acids is 3. The number of nitrogens with zero attached hydrogens (tertiary/aromatic N) is 7. The molecule has 3 amide bonds. The minimum Gasteiger partial charge on any atom is -0.459 e. The van der Waals surface area contributed by atoms with Gasteiger partial charge < -0.3 is 46.1 Å². The van der Waals surface area contributed by atoms with E-state index in [-0.39, 0.29) is 87.2 Å². The minimum atomic E-state index is -0.997. The molecule has 4 fully saturated rings. The Morgan fingerprint density at radius 2 is 1.70 bits per heavy atom. The van der Waals surface area contributed by atoms with E-state index in [0.29, 0.717) is 62.3 Å². The maximum absolute atomic E-state index is 17.1. The van der Waals surface area contributed by atoms with Crippen LogP contribution in [-0.2, 0) is 19.1 Å². The molecule has 4 aliphatic heterocycles. The molecule has 0 radical (unpaired) electrons. The highest BCUT2D eigenvalue weighted by Gasteiger charge is 2.45. The zero-order chi connectivity index (χ0) is 53.7. The minimum absolute atomic E-state index is 0.0148. The Morgan fingerprint density at radius 1 is 0.974 bits per heavy atom. The van der Waals surface area contributed by atoms with Crippen molar-refractivity contribution in [3.63, 3.8) is 0 Å². The van der Waals surface area contributed by atoms with E-state index < -0.39 is 53.2 Å². The lowest BCUT2D eigenvalue weighted by molar-refractivity contribution is -0.145. The summed E-state index contributed by atoms with van der Waals surface area (Å²) in [4.78, 5) is 66.7. The maximum Gasteiger partial charge on any atom is 0.319 e. The van der Waals surface area contributed by atoms with Gasteiger partial charge in [0.25, 0.3) is 0 Å². The first-order valence-corrected chi connectivity index (χ1v) is 28.0. The number of aryl methyl sites for hydroxylation is 1. The Kier molecular flexibility index (Phi) is 15.5. The van der Waals surface area contributed by atoms with Crippen LogP contribution in [0.25, 0.3) is 42.7 Å². The van der Waals surface area contributed by atoms with Crippen molar-refractivity contribution in [1.82, 2.24) is 45.7 Å². The molecule has 3 aromatic carbocycles. The molecule has 0 spiro atoms. The number of hydrogen-bond donors (Lipinski definition) is 5. The maximum atomic E-state index is 17.1. The highest BCUT2D eigenvalue weighted by molar-refractivity contribution is 7.22. The van der Waals surface area contributed by atoms with E-state index in [9.17, 15) is 23.9 Å². The monoisotopic (exact) mass is 1100 g/mol. The van der Waals surface area contributed by atoms with Gasteiger partial charge in [-0.3, -0.25) is 19.3 Å². The van der Waals surface area contributed by atoms with Crippen molar-refractivity contribution in [2.24, 2.45) is 5.41 Å². The van der Waals surface area contributed by atoms with Gasteiger partial charge >= 0.3 is 6.01 Å². The van der Waals surface area contributed by atoms with Crippen LogP contribution in [0.5, 0.6) is 6.01 Å². The van der Waals surface area contributed by atoms with Gasteiger partial charge in [0, 0.05) is 74.3 Å². The molecule has 3 aromatic heterocycles. The van der Waals surface area contributed by atoms with E-state index in [1.165, 1.54) is 17.0 Å². The predicted octanol–water partition coefficient (Wildman–Crippen LogP) is 7.41.